The number of hydrogen-bond acceptors (Lipinski definition) is 4. The van der Waals surface area contributed by atoms with Crippen molar-refractivity contribution >= 4 is 41.1 Å². The highest BCUT2D eigenvalue weighted by molar-refractivity contribution is 8.00. The Hall–Kier alpha value is -1.44. The van der Waals surface area contributed by atoms with Gasteiger partial charge in [0.15, 0.2) is 0 Å². The molecular formula is C18H26ClN3O3S. The van der Waals surface area contributed by atoms with Crippen molar-refractivity contribution in [2.24, 2.45) is 0 Å². The Bertz CT molecular complexity index is 649. The number of likely N-dealkylation sites (N-methyl/N-ethyl adjacent to an activating group) is 1. The van der Waals surface area contributed by atoms with Gasteiger partial charge in [-0.25, -0.2) is 4.79 Å². The number of aliphatic carboxylic acids is 1. The smallest absolute Gasteiger partial charge is 0.321 e. The normalized spacial score (nSPS) is 15.5. The molecule has 26 heavy (non-hydrogen) atoms. The number of piperidine rings is 1. The molecule has 0 atom stereocenters. The van der Waals surface area contributed by atoms with Crippen molar-refractivity contribution in [3.05, 3.63) is 23.2 Å². The molecule has 1 aromatic rings. The number of nitrogens with one attached hydrogen (secondary N) is 1. The number of rotatable bonds is 6. The number of nitrogens with zero attached hydrogens (tertiary/aromatic N) is 2. The van der Waals surface area contributed by atoms with E-state index in [2.05, 4.69) is 19.2 Å². The Morgan fingerprint density at radius 1 is 1.38 bits per heavy atom. The van der Waals surface area contributed by atoms with Gasteiger partial charge in [-0.1, -0.05) is 31.5 Å². The van der Waals surface area contributed by atoms with E-state index in [1.54, 1.807) is 16.7 Å². The molecular weight excluding hydrogens is 374 g/mol. The van der Waals surface area contributed by atoms with Crippen molar-refractivity contribution in [3.8, 4) is 0 Å². The van der Waals surface area contributed by atoms with E-state index in [-0.39, 0.29) is 18.6 Å². The van der Waals surface area contributed by atoms with Gasteiger partial charge >= 0.3 is 12.0 Å². The van der Waals surface area contributed by atoms with Crippen molar-refractivity contribution in [1.29, 1.82) is 0 Å². The molecule has 2 rings (SSSR count). The number of urea groups is 1. The van der Waals surface area contributed by atoms with E-state index in [0.29, 0.717) is 23.4 Å². The van der Waals surface area contributed by atoms with Crippen LogP contribution in [0.1, 0.15) is 26.7 Å². The number of amides is 2. The Balaban J connectivity index is 1.96. The van der Waals surface area contributed by atoms with Crippen molar-refractivity contribution in [1.82, 2.24) is 9.80 Å². The van der Waals surface area contributed by atoms with Crippen LogP contribution in [0.15, 0.2) is 23.1 Å². The molecule has 1 saturated heterocycles. The lowest BCUT2D eigenvalue weighted by Gasteiger charge is -2.36. The predicted octanol–water partition coefficient (Wildman–Crippen LogP) is 3.85. The average Bonchev–Trinajstić information content (AvgIpc) is 2.57. The summed E-state index contributed by atoms with van der Waals surface area (Å²) in [6, 6.07) is 5.56. The Morgan fingerprint density at radius 2 is 2.04 bits per heavy atom. The molecule has 8 heteroatoms. The van der Waals surface area contributed by atoms with Crippen molar-refractivity contribution in [3.63, 3.8) is 0 Å². The third-order valence-corrected chi connectivity index (χ3v) is 5.90. The lowest BCUT2D eigenvalue weighted by Crippen LogP contribution is -2.47. The summed E-state index contributed by atoms with van der Waals surface area (Å²) in [5.41, 5.74) is 0.728. The second-order valence-corrected chi connectivity index (χ2v) is 8.73. The summed E-state index contributed by atoms with van der Waals surface area (Å²) < 4.78 is 0. The Kier molecular flexibility index (Phi) is 7.61. The number of thioether (sulfide) groups is 1. The minimum Gasteiger partial charge on any atom is -0.480 e. The van der Waals surface area contributed by atoms with Crippen LogP contribution >= 0.6 is 23.4 Å². The summed E-state index contributed by atoms with van der Waals surface area (Å²) in [7, 11) is 1.82. The zero-order chi connectivity index (χ0) is 19.3. The fraction of sp³-hybridized carbons (Fsp3) is 0.556. The molecule has 1 aliphatic rings. The van der Waals surface area contributed by atoms with Crippen LogP contribution in [0, 0.1) is 0 Å². The molecule has 1 aromatic carbocycles. The first-order chi connectivity index (χ1) is 12.3. The van der Waals surface area contributed by atoms with Gasteiger partial charge in [0.2, 0.25) is 0 Å². The zero-order valence-corrected chi connectivity index (χ0v) is 16.9. The number of carbonyl (C=O) groups is 2. The molecule has 0 aromatic heterocycles. The van der Waals surface area contributed by atoms with Gasteiger partial charge in [0.05, 0.1) is 17.3 Å². The predicted molar refractivity (Wildman–Crippen MR) is 106 cm³/mol. The number of carboxylic acid groups (broad SMARTS) is 1. The van der Waals surface area contributed by atoms with Crippen molar-refractivity contribution < 1.29 is 14.7 Å². The monoisotopic (exact) mass is 399 g/mol. The van der Waals surface area contributed by atoms with Crippen LogP contribution in [0.4, 0.5) is 10.5 Å². The number of halogens is 1. The second-order valence-electron chi connectivity index (χ2n) is 6.74. The molecule has 2 N–H and O–H groups in total. The maximum atomic E-state index is 12.6. The number of anilines is 1. The first-order valence-electron chi connectivity index (χ1n) is 8.71. The van der Waals surface area contributed by atoms with Crippen LogP contribution in [0.5, 0.6) is 0 Å². The van der Waals surface area contributed by atoms with Gasteiger partial charge in [0.25, 0.3) is 0 Å². The van der Waals surface area contributed by atoms with Crippen LogP contribution in [-0.2, 0) is 4.79 Å². The summed E-state index contributed by atoms with van der Waals surface area (Å²) in [5, 5.41) is 12.9. The summed E-state index contributed by atoms with van der Waals surface area (Å²) in [6.07, 6.45) is 1.53. The third-order valence-electron chi connectivity index (χ3n) is 4.32. The summed E-state index contributed by atoms with van der Waals surface area (Å²) in [5.74, 6) is -0.830. The minimum absolute atomic E-state index is 0.0230. The maximum Gasteiger partial charge on any atom is 0.321 e. The Morgan fingerprint density at radius 3 is 2.62 bits per heavy atom. The van der Waals surface area contributed by atoms with Crippen LogP contribution in [0.3, 0.4) is 0 Å². The van der Waals surface area contributed by atoms with Gasteiger partial charge < -0.3 is 15.3 Å². The summed E-state index contributed by atoms with van der Waals surface area (Å²) >= 11 is 7.92. The SMILES string of the molecule is CC(C)Sc1c(Cl)cccc1NC(=O)N1CCC(N(C)CC(=O)O)CC1. The highest BCUT2D eigenvalue weighted by Gasteiger charge is 2.26. The molecule has 0 spiro atoms. The second kappa shape index (κ2) is 9.48. The topological polar surface area (TPSA) is 72.9 Å². The summed E-state index contributed by atoms with van der Waals surface area (Å²) in [4.78, 5) is 28.0. The van der Waals surface area contributed by atoms with Gasteiger partial charge in [-0.3, -0.25) is 9.69 Å². The van der Waals surface area contributed by atoms with Crippen molar-refractivity contribution in [2.45, 2.75) is 42.9 Å². The molecule has 6 nitrogen and oxygen atoms in total. The Labute approximate surface area is 163 Å². The van der Waals surface area contributed by atoms with Gasteiger partial charge in [-0.2, -0.15) is 0 Å². The van der Waals surface area contributed by atoms with E-state index in [0.717, 1.165) is 23.4 Å². The van der Waals surface area contributed by atoms with Gasteiger partial charge in [0.1, 0.15) is 0 Å². The molecule has 0 radical (unpaired) electrons. The highest BCUT2D eigenvalue weighted by Crippen LogP contribution is 2.36. The molecule has 2 amide bonds. The standard InChI is InChI=1S/C18H26ClN3O3S/c1-12(2)26-17-14(19)5-4-6-15(17)20-18(25)22-9-7-13(8-10-22)21(3)11-16(23)24/h4-6,12-13H,7-11H2,1-3H3,(H,20,25)(H,23,24). The van der Waals surface area contributed by atoms with E-state index in [9.17, 15) is 9.59 Å². The molecule has 1 fully saturated rings. The highest BCUT2D eigenvalue weighted by atomic mass is 35.5. The van der Waals surface area contributed by atoms with E-state index < -0.39 is 5.97 Å². The first kappa shape index (κ1) is 20.9. The van der Waals surface area contributed by atoms with Gasteiger partial charge in [-0.15, -0.1) is 11.8 Å². The number of carboxylic acids is 1. The van der Waals surface area contributed by atoms with E-state index >= 15 is 0 Å². The number of carbonyl (C=O) groups excluding carboxylic acids is 1. The third kappa shape index (κ3) is 5.79. The van der Waals surface area contributed by atoms with Crippen LogP contribution in [0.25, 0.3) is 0 Å². The average molecular weight is 400 g/mol. The number of hydrogen-bond donors (Lipinski definition) is 2. The maximum absolute atomic E-state index is 12.6. The lowest BCUT2D eigenvalue weighted by molar-refractivity contribution is -0.138. The van der Waals surface area contributed by atoms with E-state index in [1.165, 1.54) is 0 Å². The fourth-order valence-corrected chi connectivity index (χ4v) is 4.22. The first-order valence-corrected chi connectivity index (χ1v) is 9.96. The fourth-order valence-electron chi connectivity index (χ4n) is 3.01. The molecule has 1 heterocycles. The van der Waals surface area contributed by atoms with Crippen LogP contribution < -0.4 is 5.32 Å². The molecule has 1 aliphatic heterocycles. The molecule has 0 unspecified atom stereocenters. The van der Waals surface area contributed by atoms with Crippen LogP contribution in [-0.4, -0.2) is 64.9 Å². The quantitative estimate of drug-likeness (QED) is 0.711. The lowest BCUT2D eigenvalue weighted by atomic mass is 10.0. The zero-order valence-electron chi connectivity index (χ0n) is 15.4. The number of likely N-dealkylation sites (tertiary alicyclic amines) is 1. The van der Waals surface area contributed by atoms with Crippen LogP contribution in [0.2, 0.25) is 5.02 Å². The van der Waals surface area contributed by atoms with Gasteiger partial charge in [0, 0.05) is 29.3 Å². The number of benzene rings is 1. The van der Waals surface area contributed by atoms with E-state index in [1.807, 2.05) is 30.1 Å². The molecule has 0 bridgehead atoms. The molecule has 0 saturated carbocycles. The largest absolute Gasteiger partial charge is 0.480 e. The molecule has 144 valence electrons. The minimum atomic E-state index is -0.830. The van der Waals surface area contributed by atoms with E-state index in [4.69, 9.17) is 16.7 Å². The van der Waals surface area contributed by atoms with Gasteiger partial charge in [-0.05, 0) is 32.0 Å². The van der Waals surface area contributed by atoms with Crippen molar-refractivity contribution in [2.75, 3.05) is 32.0 Å². The molecule has 0 aliphatic carbocycles. The summed E-state index contributed by atoms with van der Waals surface area (Å²) in [6.45, 7) is 5.40.